The molecule has 0 atom stereocenters. The van der Waals surface area contributed by atoms with Crippen LogP contribution in [0.4, 0.5) is 4.39 Å². The summed E-state index contributed by atoms with van der Waals surface area (Å²) in [5.74, 6) is -0.446. The zero-order chi connectivity index (χ0) is 15.3. The molecule has 0 aliphatic heterocycles. The summed E-state index contributed by atoms with van der Waals surface area (Å²) in [5, 5.41) is 12.4. The Morgan fingerprint density at radius 2 is 2.00 bits per heavy atom. The summed E-state index contributed by atoms with van der Waals surface area (Å²) in [4.78, 5) is 2.34. The fourth-order valence-corrected chi connectivity index (χ4v) is 3.20. The molecule has 0 aromatic heterocycles. The lowest BCUT2D eigenvalue weighted by molar-refractivity contribution is 0.0984. The third-order valence-corrected chi connectivity index (χ3v) is 4.67. The maximum Gasteiger partial charge on any atom is 0.140 e. The summed E-state index contributed by atoms with van der Waals surface area (Å²) < 4.78 is 13.3. The zero-order valence-electron chi connectivity index (χ0n) is 13.0. The number of likely N-dealkylation sites (N-methyl/N-ethyl adjacent to an activating group) is 1. The molecule has 0 unspecified atom stereocenters. The zero-order valence-corrected chi connectivity index (χ0v) is 13.0. The number of nitriles is 1. The van der Waals surface area contributed by atoms with Crippen LogP contribution in [0.25, 0.3) is 0 Å². The summed E-state index contributed by atoms with van der Waals surface area (Å²) >= 11 is 0. The normalized spacial score (nSPS) is 17.7. The third-order valence-electron chi connectivity index (χ3n) is 4.67. The van der Waals surface area contributed by atoms with Gasteiger partial charge in [0.15, 0.2) is 0 Å². The summed E-state index contributed by atoms with van der Waals surface area (Å²) in [6.07, 6.45) is 6.35. The number of hydrogen-bond acceptors (Lipinski definition) is 3. The summed E-state index contributed by atoms with van der Waals surface area (Å²) in [5.41, 5.74) is 1.31. The number of halogens is 1. The molecule has 2 rings (SSSR count). The first-order valence-corrected chi connectivity index (χ1v) is 7.64. The minimum absolute atomic E-state index is 0.120. The van der Waals surface area contributed by atoms with Gasteiger partial charge < -0.3 is 10.2 Å². The second kappa shape index (κ2) is 7.02. The minimum Gasteiger partial charge on any atom is -0.311 e. The predicted molar refractivity (Wildman–Crippen MR) is 82.3 cm³/mol. The molecule has 1 aliphatic rings. The largest absolute Gasteiger partial charge is 0.311 e. The molecule has 0 heterocycles. The van der Waals surface area contributed by atoms with Gasteiger partial charge in [0, 0.05) is 18.6 Å². The van der Waals surface area contributed by atoms with Crippen molar-refractivity contribution in [1.82, 2.24) is 10.2 Å². The first-order valence-electron chi connectivity index (χ1n) is 7.64. The van der Waals surface area contributed by atoms with Crippen molar-refractivity contribution in [2.24, 2.45) is 0 Å². The fourth-order valence-electron chi connectivity index (χ4n) is 3.20. The molecule has 1 aliphatic carbocycles. The molecule has 21 heavy (non-hydrogen) atoms. The van der Waals surface area contributed by atoms with Gasteiger partial charge in [0.25, 0.3) is 0 Å². The van der Waals surface area contributed by atoms with Crippen LogP contribution in [-0.4, -0.2) is 31.1 Å². The van der Waals surface area contributed by atoms with Gasteiger partial charge >= 0.3 is 0 Å². The average molecular weight is 289 g/mol. The van der Waals surface area contributed by atoms with Crippen molar-refractivity contribution in [2.45, 2.75) is 44.2 Å². The Morgan fingerprint density at radius 1 is 1.29 bits per heavy atom. The van der Waals surface area contributed by atoms with E-state index in [9.17, 15) is 4.39 Å². The van der Waals surface area contributed by atoms with Crippen LogP contribution in [0.5, 0.6) is 0 Å². The van der Waals surface area contributed by atoms with E-state index in [4.69, 9.17) is 5.26 Å². The molecular formula is C17H24FN3. The Kier molecular flexibility index (Phi) is 5.33. The molecule has 1 fully saturated rings. The van der Waals surface area contributed by atoms with Crippen LogP contribution in [0.1, 0.15) is 43.2 Å². The van der Waals surface area contributed by atoms with Crippen LogP contribution >= 0.6 is 0 Å². The van der Waals surface area contributed by atoms with Gasteiger partial charge in [-0.2, -0.15) is 5.26 Å². The van der Waals surface area contributed by atoms with Gasteiger partial charge in [-0.05, 0) is 44.6 Å². The van der Waals surface area contributed by atoms with E-state index in [1.807, 2.05) is 6.07 Å². The second-order valence-corrected chi connectivity index (χ2v) is 6.21. The van der Waals surface area contributed by atoms with E-state index in [0.717, 1.165) is 12.1 Å². The van der Waals surface area contributed by atoms with Gasteiger partial charge in [0.1, 0.15) is 11.9 Å². The van der Waals surface area contributed by atoms with Crippen LogP contribution in [0, 0.1) is 17.1 Å². The number of nitrogens with zero attached hydrogens (tertiary/aromatic N) is 2. The third kappa shape index (κ3) is 3.81. The van der Waals surface area contributed by atoms with E-state index in [2.05, 4.69) is 24.3 Å². The second-order valence-electron chi connectivity index (χ2n) is 6.21. The van der Waals surface area contributed by atoms with E-state index in [1.165, 1.54) is 38.2 Å². The maximum atomic E-state index is 13.3. The molecule has 0 bridgehead atoms. The Morgan fingerprint density at radius 3 is 2.62 bits per heavy atom. The molecule has 0 radical (unpaired) electrons. The van der Waals surface area contributed by atoms with E-state index >= 15 is 0 Å². The summed E-state index contributed by atoms with van der Waals surface area (Å²) in [7, 11) is 4.30. The molecule has 0 saturated heterocycles. The number of nitrogens with one attached hydrogen (secondary N) is 1. The van der Waals surface area contributed by atoms with Gasteiger partial charge in [-0.25, -0.2) is 4.39 Å². The molecule has 4 heteroatoms. The van der Waals surface area contributed by atoms with Gasteiger partial charge in [-0.3, -0.25) is 0 Å². The van der Waals surface area contributed by atoms with Crippen LogP contribution < -0.4 is 5.32 Å². The van der Waals surface area contributed by atoms with Crippen molar-refractivity contribution in [3.05, 3.63) is 35.1 Å². The number of benzene rings is 1. The van der Waals surface area contributed by atoms with E-state index in [1.54, 1.807) is 12.1 Å². The highest BCUT2D eigenvalue weighted by molar-refractivity contribution is 5.34. The van der Waals surface area contributed by atoms with Gasteiger partial charge in [0.2, 0.25) is 0 Å². The van der Waals surface area contributed by atoms with Crippen molar-refractivity contribution in [2.75, 3.05) is 20.6 Å². The SMILES string of the molecule is CN(C)C1(CNCc2ccc(F)c(C#N)c2)CCCCC1. The van der Waals surface area contributed by atoms with E-state index in [-0.39, 0.29) is 11.1 Å². The molecule has 3 nitrogen and oxygen atoms in total. The van der Waals surface area contributed by atoms with Gasteiger partial charge in [0.05, 0.1) is 5.56 Å². The molecule has 0 amide bonds. The van der Waals surface area contributed by atoms with Crippen LogP contribution in [0.2, 0.25) is 0 Å². The average Bonchev–Trinajstić information content (AvgIpc) is 2.49. The highest BCUT2D eigenvalue weighted by Crippen LogP contribution is 2.31. The van der Waals surface area contributed by atoms with Crippen molar-refractivity contribution in [3.63, 3.8) is 0 Å². The monoisotopic (exact) mass is 289 g/mol. The van der Waals surface area contributed by atoms with Crippen molar-refractivity contribution >= 4 is 0 Å². The molecule has 1 aromatic rings. The molecule has 114 valence electrons. The van der Waals surface area contributed by atoms with E-state index in [0.29, 0.717) is 6.54 Å². The Hall–Kier alpha value is -1.44. The quantitative estimate of drug-likeness (QED) is 0.905. The molecule has 0 spiro atoms. The van der Waals surface area contributed by atoms with Crippen LogP contribution in [0.3, 0.4) is 0 Å². The predicted octanol–water partition coefficient (Wildman–Crippen LogP) is 3.05. The lowest BCUT2D eigenvalue weighted by atomic mass is 9.80. The lowest BCUT2D eigenvalue weighted by Gasteiger charge is -2.43. The maximum absolute atomic E-state index is 13.3. The Bertz CT molecular complexity index is 513. The number of hydrogen-bond donors (Lipinski definition) is 1. The smallest absolute Gasteiger partial charge is 0.140 e. The Balaban J connectivity index is 1.95. The standard InChI is InChI=1S/C17H24FN3/c1-21(2)17(8-4-3-5-9-17)13-20-12-14-6-7-16(18)15(10-14)11-19/h6-7,10,20H,3-5,8-9,12-13H2,1-2H3. The lowest BCUT2D eigenvalue weighted by Crippen LogP contribution is -2.52. The summed E-state index contributed by atoms with van der Waals surface area (Å²) in [6.45, 7) is 1.60. The minimum atomic E-state index is -0.446. The number of rotatable bonds is 5. The van der Waals surface area contributed by atoms with Crippen LogP contribution in [-0.2, 0) is 6.54 Å². The van der Waals surface area contributed by atoms with Crippen molar-refractivity contribution in [3.8, 4) is 6.07 Å². The molecular weight excluding hydrogens is 265 g/mol. The van der Waals surface area contributed by atoms with Crippen molar-refractivity contribution < 1.29 is 4.39 Å². The topological polar surface area (TPSA) is 39.1 Å². The Labute approximate surface area is 126 Å². The fraction of sp³-hybridized carbons (Fsp3) is 0.588. The molecule has 1 saturated carbocycles. The van der Waals surface area contributed by atoms with Crippen molar-refractivity contribution in [1.29, 1.82) is 5.26 Å². The molecule has 1 aromatic carbocycles. The summed E-state index contributed by atoms with van der Waals surface area (Å²) in [6, 6.07) is 6.64. The highest BCUT2D eigenvalue weighted by Gasteiger charge is 2.33. The van der Waals surface area contributed by atoms with Crippen LogP contribution in [0.15, 0.2) is 18.2 Å². The van der Waals surface area contributed by atoms with Gasteiger partial charge in [-0.1, -0.05) is 25.3 Å². The molecule has 1 N–H and O–H groups in total. The first kappa shape index (κ1) is 15.9. The first-order chi connectivity index (χ1) is 10.1. The highest BCUT2D eigenvalue weighted by atomic mass is 19.1. The van der Waals surface area contributed by atoms with E-state index < -0.39 is 5.82 Å². The van der Waals surface area contributed by atoms with Gasteiger partial charge in [-0.15, -0.1) is 0 Å².